The molecule has 0 aliphatic carbocycles. The Morgan fingerprint density at radius 3 is 2.46 bits per heavy atom. The van der Waals surface area contributed by atoms with Crippen molar-refractivity contribution in [3.8, 4) is 0 Å². The average Bonchev–Trinajstić information content (AvgIpc) is 2.59. The number of ether oxygens (including phenoxy) is 1. The molecule has 0 spiro atoms. The van der Waals surface area contributed by atoms with E-state index in [0.29, 0.717) is 17.5 Å². The molecule has 0 unspecified atom stereocenters. The molecule has 0 saturated carbocycles. The summed E-state index contributed by atoms with van der Waals surface area (Å²) in [7, 11) is 0. The molecule has 2 rings (SSSR count). The molecule has 0 aliphatic rings. The van der Waals surface area contributed by atoms with Crippen molar-refractivity contribution in [1.29, 1.82) is 0 Å². The zero-order chi connectivity index (χ0) is 18.9. The van der Waals surface area contributed by atoms with Gasteiger partial charge in [0.25, 0.3) is 0 Å². The van der Waals surface area contributed by atoms with Gasteiger partial charge in [-0.1, -0.05) is 23.9 Å². The smallest absolute Gasteiger partial charge is 0.330 e. The van der Waals surface area contributed by atoms with Gasteiger partial charge in [0.2, 0.25) is 5.91 Å². The molecule has 0 aliphatic heterocycles. The fourth-order valence-corrected chi connectivity index (χ4v) is 2.56. The fourth-order valence-electron chi connectivity index (χ4n) is 1.89. The number of hydrogen-bond acceptors (Lipinski definition) is 8. The molecule has 1 heterocycles. The lowest BCUT2D eigenvalue weighted by atomic mass is 10.2. The van der Waals surface area contributed by atoms with Crippen LogP contribution in [0.4, 0.5) is 17.3 Å². The van der Waals surface area contributed by atoms with Gasteiger partial charge in [-0.3, -0.25) is 4.79 Å². The topological polar surface area (TPSA) is 133 Å². The van der Waals surface area contributed by atoms with Gasteiger partial charge in [0, 0.05) is 17.8 Å². The number of esters is 1. The predicted molar refractivity (Wildman–Crippen MR) is 102 cm³/mol. The highest BCUT2D eigenvalue weighted by molar-refractivity contribution is 7.99. The van der Waals surface area contributed by atoms with Crippen molar-refractivity contribution in [2.75, 3.05) is 29.1 Å². The maximum atomic E-state index is 12.0. The van der Waals surface area contributed by atoms with E-state index in [2.05, 4.69) is 15.3 Å². The van der Waals surface area contributed by atoms with Crippen LogP contribution in [0.1, 0.15) is 12.5 Å². The molecule has 0 atom stereocenters. The Hall–Kier alpha value is -3.07. The number of thioether (sulfide) groups is 1. The fraction of sp³-hybridized carbons (Fsp3) is 0.176. The zero-order valence-electron chi connectivity index (χ0n) is 14.1. The van der Waals surface area contributed by atoms with E-state index >= 15 is 0 Å². The number of nitrogens with one attached hydrogen (secondary N) is 1. The first-order valence-corrected chi connectivity index (χ1v) is 8.72. The van der Waals surface area contributed by atoms with Crippen molar-refractivity contribution in [2.24, 2.45) is 0 Å². The van der Waals surface area contributed by atoms with E-state index < -0.39 is 5.97 Å². The maximum Gasteiger partial charge on any atom is 0.330 e. The first-order valence-electron chi connectivity index (χ1n) is 7.74. The minimum absolute atomic E-state index is 0.118. The van der Waals surface area contributed by atoms with Gasteiger partial charge < -0.3 is 21.5 Å². The normalized spacial score (nSPS) is 10.7. The van der Waals surface area contributed by atoms with E-state index in [0.717, 1.165) is 17.3 Å². The van der Waals surface area contributed by atoms with Gasteiger partial charge in [-0.15, -0.1) is 0 Å². The lowest BCUT2D eigenvalue weighted by molar-refractivity contribution is -0.137. The number of anilines is 3. The van der Waals surface area contributed by atoms with Gasteiger partial charge in [-0.2, -0.15) is 0 Å². The van der Waals surface area contributed by atoms with Crippen molar-refractivity contribution in [1.82, 2.24) is 9.97 Å². The standard InChI is InChI=1S/C17H19N5O3S/c1-2-25-16(24)8-5-11-3-6-12(7-4-11)20-15(23)10-26-17-21-13(18)9-14(19)22-17/h3-9H,2,10H2,1H3,(H,20,23)(H4,18,19,21,22). The van der Waals surface area contributed by atoms with Crippen LogP contribution in [-0.2, 0) is 14.3 Å². The van der Waals surface area contributed by atoms with Crippen LogP contribution in [0.5, 0.6) is 0 Å². The van der Waals surface area contributed by atoms with E-state index in [-0.39, 0.29) is 23.3 Å². The molecule has 136 valence electrons. The summed E-state index contributed by atoms with van der Waals surface area (Å²) < 4.78 is 4.81. The van der Waals surface area contributed by atoms with Gasteiger partial charge in [0.1, 0.15) is 11.6 Å². The van der Waals surface area contributed by atoms with Crippen LogP contribution in [0.2, 0.25) is 0 Å². The van der Waals surface area contributed by atoms with E-state index in [1.165, 1.54) is 12.1 Å². The van der Waals surface area contributed by atoms with Crippen molar-refractivity contribution < 1.29 is 14.3 Å². The number of amides is 1. The maximum absolute atomic E-state index is 12.0. The number of aromatic nitrogens is 2. The van der Waals surface area contributed by atoms with E-state index in [4.69, 9.17) is 16.2 Å². The molecular weight excluding hydrogens is 354 g/mol. The lowest BCUT2D eigenvalue weighted by Crippen LogP contribution is -2.14. The summed E-state index contributed by atoms with van der Waals surface area (Å²) in [6.45, 7) is 2.08. The molecule has 1 aromatic heterocycles. The van der Waals surface area contributed by atoms with Gasteiger partial charge in [-0.25, -0.2) is 14.8 Å². The third-order valence-corrected chi connectivity index (χ3v) is 3.82. The second kappa shape index (κ2) is 9.42. The molecular formula is C17H19N5O3S. The van der Waals surface area contributed by atoms with Crippen LogP contribution in [0.3, 0.4) is 0 Å². The average molecular weight is 373 g/mol. The molecule has 0 bridgehead atoms. The number of nitrogens with two attached hydrogens (primary N) is 2. The molecule has 5 N–H and O–H groups in total. The van der Waals surface area contributed by atoms with Crippen molar-refractivity contribution in [3.63, 3.8) is 0 Å². The number of rotatable bonds is 7. The van der Waals surface area contributed by atoms with Crippen LogP contribution < -0.4 is 16.8 Å². The van der Waals surface area contributed by atoms with Crippen LogP contribution >= 0.6 is 11.8 Å². The first-order chi connectivity index (χ1) is 12.5. The summed E-state index contributed by atoms with van der Waals surface area (Å²) in [6, 6.07) is 8.48. The predicted octanol–water partition coefficient (Wildman–Crippen LogP) is 1.95. The molecule has 0 saturated heterocycles. The lowest BCUT2D eigenvalue weighted by Gasteiger charge is -2.06. The number of carbonyl (C=O) groups excluding carboxylic acids is 2. The van der Waals surface area contributed by atoms with Crippen LogP contribution in [0.15, 0.2) is 41.6 Å². The minimum Gasteiger partial charge on any atom is -0.463 e. The summed E-state index contributed by atoms with van der Waals surface area (Å²) in [5, 5.41) is 3.10. The van der Waals surface area contributed by atoms with Gasteiger partial charge in [0.15, 0.2) is 5.16 Å². The van der Waals surface area contributed by atoms with Crippen molar-refractivity contribution in [2.45, 2.75) is 12.1 Å². The Morgan fingerprint density at radius 2 is 1.85 bits per heavy atom. The highest BCUT2D eigenvalue weighted by Gasteiger charge is 2.07. The number of hydrogen-bond donors (Lipinski definition) is 3. The van der Waals surface area contributed by atoms with Crippen LogP contribution in [0.25, 0.3) is 6.08 Å². The van der Waals surface area contributed by atoms with Crippen molar-refractivity contribution >= 4 is 47.0 Å². The molecule has 1 amide bonds. The van der Waals surface area contributed by atoms with Crippen LogP contribution in [0, 0.1) is 0 Å². The van der Waals surface area contributed by atoms with E-state index in [9.17, 15) is 9.59 Å². The minimum atomic E-state index is -0.397. The van der Waals surface area contributed by atoms with Gasteiger partial charge in [0.05, 0.1) is 12.4 Å². The summed E-state index contributed by atoms with van der Waals surface area (Å²) >= 11 is 1.14. The third-order valence-electron chi connectivity index (χ3n) is 2.97. The third kappa shape index (κ3) is 6.44. The molecule has 26 heavy (non-hydrogen) atoms. The number of nitrogen functional groups attached to an aromatic ring is 2. The Bertz CT molecular complexity index is 788. The monoisotopic (exact) mass is 373 g/mol. The van der Waals surface area contributed by atoms with E-state index in [1.54, 1.807) is 37.3 Å². The summed E-state index contributed by atoms with van der Waals surface area (Å²) in [6.07, 6.45) is 2.99. The summed E-state index contributed by atoms with van der Waals surface area (Å²) in [5.41, 5.74) is 12.6. The number of benzene rings is 1. The molecule has 8 nitrogen and oxygen atoms in total. The number of carbonyl (C=O) groups is 2. The SMILES string of the molecule is CCOC(=O)C=Cc1ccc(NC(=O)CSc2nc(N)cc(N)n2)cc1. The Balaban J connectivity index is 1.86. The molecule has 9 heteroatoms. The van der Waals surface area contributed by atoms with Crippen LogP contribution in [-0.4, -0.2) is 34.2 Å². The molecule has 0 fully saturated rings. The molecule has 1 aromatic carbocycles. The first kappa shape index (κ1) is 19.3. The van der Waals surface area contributed by atoms with Gasteiger partial charge >= 0.3 is 5.97 Å². The number of nitrogens with zero attached hydrogens (tertiary/aromatic N) is 2. The quantitative estimate of drug-likeness (QED) is 0.290. The molecule has 0 radical (unpaired) electrons. The Labute approximate surface area is 155 Å². The van der Waals surface area contributed by atoms with E-state index in [1.807, 2.05) is 0 Å². The Morgan fingerprint density at radius 1 is 1.19 bits per heavy atom. The highest BCUT2D eigenvalue weighted by atomic mass is 32.2. The summed E-state index contributed by atoms with van der Waals surface area (Å²) in [5.74, 6) is 0.0207. The second-order valence-corrected chi connectivity index (χ2v) is 5.99. The largest absolute Gasteiger partial charge is 0.463 e. The molecule has 2 aromatic rings. The second-order valence-electron chi connectivity index (χ2n) is 5.04. The van der Waals surface area contributed by atoms with Gasteiger partial charge in [-0.05, 0) is 30.7 Å². The van der Waals surface area contributed by atoms with Crippen molar-refractivity contribution in [3.05, 3.63) is 42.0 Å². The Kier molecular flexibility index (Phi) is 6.98. The highest BCUT2D eigenvalue weighted by Crippen LogP contribution is 2.17. The zero-order valence-corrected chi connectivity index (χ0v) is 15.0. The summed E-state index contributed by atoms with van der Waals surface area (Å²) in [4.78, 5) is 31.3.